The second kappa shape index (κ2) is 6.93. The Balaban J connectivity index is 2.00. The molecule has 0 radical (unpaired) electrons. The Labute approximate surface area is 125 Å². The van der Waals surface area contributed by atoms with Gasteiger partial charge in [-0.2, -0.15) is 11.8 Å². The van der Waals surface area contributed by atoms with Gasteiger partial charge < -0.3 is 5.73 Å². The first-order valence-electron chi connectivity index (χ1n) is 6.89. The minimum absolute atomic E-state index is 0.0672. The quantitative estimate of drug-likeness (QED) is 0.873. The van der Waals surface area contributed by atoms with Gasteiger partial charge in [0.15, 0.2) is 0 Å². The van der Waals surface area contributed by atoms with Crippen LogP contribution in [0.2, 0.25) is 0 Å². The van der Waals surface area contributed by atoms with Crippen molar-refractivity contribution < 1.29 is 8.42 Å². The molecule has 1 fully saturated rings. The standard InChI is InChI=1S/C14H22N2O2S2/c1-19-13-6-4-12(5-7-13)16-20(17,18)14-8-2-11(10-15)3-9-14/h2-3,8-9,12-13,16H,4-7,10,15H2,1H3. The first-order chi connectivity index (χ1) is 9.55. The third-order valence-corrected chi connectivity index (χ3v) is 6.47. The zero-order valence-electron chi connectivity index (χ0n) is 11.7. The summed E-state index contributed by atoms with van der Waals surface area (Å²) in [5.41, 5.74) is 6.45. The van der Waals surface area contributed by atoms with Crippen LogP contribution in [-0.4, -0.2) is 26.0 Å². The average molecular weight is 314 g/mol. The van der Waals surface area contributed by atoms with Crippen molar-refractivity contribution in [2.45, 2.75) is 48.4 Å². The molecule has 0 aromatic heterocycles. The van der Waals surface area contributed by atoms with Gasteiger partial charge in [-0.1, -0.05) is 12.1 Å². The number of rotatable bonds is 5. The Morgan fingerprint density at radius 2 is 1.80 bits per heavy atom. The van der Waals surface area contributed by atoms with Gasteiger partial charge in [0.2, 0.25) is 10.0 Å². The van der Waals surface area contributed by atoms with E-state index in [0.29, 0.717) is 16.7 Å². The third kappa shape index (κ3) is 3.97. The Morgan fingerprint density at radius 3 is 2.30 bits per heavy atom. The van der Waals surface area contributed by atoms with Crippen molar-refractivity contribution >= 4 is 21.8 Å². The smallest absolute Gasteiger partial charge is 0.240 e. The lowest BCUT2D eigenvalue weighted by atomic mass is 9.96. The van der Waals surface area contributed by atoms with Gasteiger partial charge >= 0.3 is 0 Å². The number of thioether (sulfide) groups is 1. The molecule has 3 N–H and O–H groups in total. The maximum absolute atomic E-state index is 12.3. The van der Waals surface area contributed by atoms with Crippen LogP contribution in [0.25, 0.3) is 0 Å². The van der Waals surface area contributed by atoms with E-state index in [0.717, 1.165) is 31.2 Å². The van der Waals surface area contributed by atoms with Crippen LogP contribution in [0.5, 0.6) is 0 Å². The van der Waals surface area contributed by atoms with Crippen LogP contribution in [-0.2, 0) is 16.6 Å². The molecule has 20 heavy (non-hydrogen) atoms. The van der Waals surface area contributed by atoms with Crippen LogP contribution < -0.4 is 10.5 Å². The van der Waals surface area contributed by atoms with Gasteiger partial charge in [0.05, 0.1) is 4.90 Å². The second-order valence-electron chi connectivity index (χ2n) is 5.18. The number of benzene rings is 1. The molecule has 0 unspecified atom stereocenters. The fourth-order valence-corrected chi connectivity index (χ4v) is 4.56. The number of nitrogens with one attached hydrogen (secondary N) is 1. The van der Waals surface area contributed by atoms with E-state index in [1.807, 2.05) is 11.8 Å². The lowest BCUT2D eigenvalue weighted by molar-refractivity contribution is 0.420. The normalized spacial score (nSPS) is 23.7. The number of hydrogen-bond acceptors (Lipinski definition) is 4. The molecule has 0 heterocycles. The zero-order valence-corrected chi connectivity index (χ0v) is 13.3. The van der Waals surface area contributed by atoms with Gasteiger partial charge in [0, 0.05) is 17.8 Å². The van der Waals surface area contributed by atoms with Crippen molar-refractivity contribution in [1.29, 1.82) is 0 Å². The Bertz CT molecular complexity index is 521. The van der Waals surface area contributed by atoms with E-state index in [9.17, 15) is 8.42 Å². The lowest BCUT2D eigenvalue weighted by Crippen LogP contribution is -2.38. The summed E-state index contributed by atoms with van der Waals surface area (Å²) in [5, 5.41) is 0.680. The minimum atomic E-state index is -3.41. The molecule has 0 amide bonds. The van der Waals surface area contributed by atoms with E-state index in [-0.39, 0.29) is 6.04 Å². The molecule has 2 rings (SSSR count). The molecule has 0 atom stereocenters. The highest BCUT2D eigenvalue weighted by Gasteiger charge is 2.25. The van der Waals surface area contributed by atoms with Crippen LogP contribution in [0.3, 0.4) is 0 Å². The molecule has 1 aromatic carbocycles. The minimum Gasteiger partial charge on any atom is -0.326 e. The molecule has 1 aromatic rings. The molecule has 1 aliphatic rings. The van der Waals surface area contributed by atoms with Crippen molar-refractivity contribution in [2.24, 2.45) is 5.73 Å². The molecular weight excluding hydrogens is 292 g/mol. The fraction of sp³-hybridized carbons (Fsp3) is 0.571. The van der Waals surface area contributed by atoms with Crippen molar-refractivity contribution in [3.05, 3.63) is 29.8 Å². The van der Waals surface area contributed by atoms with Crippen LogP contribution in [0, 0.1) is 0 Å². The second-order valence-corrected chi connectivity index (χ2v) is 8.03. The maximum Gasteiger partial charge on any atom is 0.240 e. The molecule has 0 aliphatic heterocycles. The number of hydrogen-bond donors (Lipinski definition) is 2. The summed E-state index contributed by atoms with van der Waals surface area (Å²) >= 11 is 1.88. The van der Waals surface area contributed by atoms with Gasteiger partial charge in [-0.15, -0.1) is 0 Å². The predicted octanol–water partition coefficient (Wildman–Crippen LogP) is 2.10. The SMILES string of the molecule is CSC1CCC(NS(=O)(=O)c2ccc(CN)cc2)CC1. The molecule has 1 aliphatic carbocycles. The molecule has 112 valence electrons. The Hall–Kier alpha value is -0.560. The first kappa shape index (κ1) is 15.8. The van der Waals surface area contributed by atoms with Crippen molar-refractivity contribution in [2.75, 3.05) is 6.26 Å². The summed E-state index contributed by atoms with van der Waals surface area (Å²) in [6.07, 6.45) is 6.13. The first-order valence-corrected chi connectivity index (χ1v) is 9.66. The summed E-state index contributed by atoms with van der Waals surface area (Å²) in [6, 6.07) is 6.84. The van der Waals surface area contributed by atoms with E-state index < -0.39 is 10.0 Å². The van der Waals surface area contributed by atoms with Gasteiger partial charge in [0.25, 0.3) is 0 Å². The summed E-state index contributed by atoms with van der Waals surface area (Å²) in [4.78, 5) is 0.321. The molecule has 0 spiro atoms. The zero-order chi connectivity index (χ0) is 14.6. The van der Waals surface area contributed by atoms with Crippen molar-refractivity contribution in [3.63, 3.8) is 0 Å². The molecule has 4 nitrogen and oxygen atoms in total. The largest absolute Gasteiger partial charge is 0.326 e. The monoisotopic (exact) mass is 314 g/mol. The van der Waals surface area contributed by atoms with Gasteiger partial charge in [0.1, 0.15) is 0 Å². The number of nitrogens with two attached hydrogens (primary N) is 1. The average Bonchev–Trinajstić information content (AvgIpc) is 2.48. The van der Waals surface area contributed by atoms with Gasteiger partial charge in [-0.05, 0) is 49.6 Å². The molecule has 6 heteroatoms. The lowest BCUT2D eigenvalue weighted by Gasteiger charge is -2.27. The molecule has 0 saturated heterocycles. The summed E-state index contributed by atoms with van der Waals surface area (Å²) < 4.78 is 27.4. The van der Waals surface area contributed by atoms with E-state index in [4.69, 9.17) is 5.73 Å². The third-order valence-electron chi connectivity index (χ3n) is 3.80. The van der Waals surface area contributed by atoms with E-state index in [1.165, 1.54) is 0 Å². The summed E-state index contributed by atoms with van der Waals surface area (Å²) in [6.45, 7) is 0.423. The highest BCUT2D eigenvalue weighted by molar-refractivity contribution is 7.99. The highest BCUT2D eigenvalue weighted by Crippen LogP contribution is 2.27. The Kier molecular flexibility index (Phi) is 5.49. The number of sulfonamides is 1. The van der Waals surface area contributed by atoms with Crippen LogP contribution >= 0.6 is 11.8 Å². The maximum atomic E-state index is 12.3. The molecule has 0 bridgehead atoms. The highest BCUT2D eigenvalue weighted by atomic mass is 32.2. The topological polar surface area (TPSA) is 72.2 Å². The molecule has 1 saturated carbocycles. The van der Waals surface area contributed by atoms with Crippen LogP contribution in [0.15, 0.2) is 29.2 Å². The van der Waals surface area contributed by atoms with Gasteiger partial charge in [-0.3, -0.25) is 0 Å². The Morgan fingerprint density at radius 1 is 1.20 bits per heavy atom. The van der Waals surface area contributed by atoms with Crippen molar-refractivity contribution in [3.8, 4) is 0 Å². The molecular formula is C14H22N2O2S2. The van der Waals surface area contributed by atoms with Crippen molar-refractivity contribution in [1.82, 2.24) is 4.72 Å². The summed E-state index contributed by atoms with van der Waals surface area (Å²) in [5.74, 6) is 0. The fourth-order valence-electron chi connectivity index (χ4n) is 2.51. The summed E-state index contributed by atoms with van der Waals surface area (Å²) in [7, 11) is -3.41. The predicted molar refractivity (Wildman–Crippen MR) is 84.2 cm³/mol. The van der Waals surface area contributed by atoms with Gasteiger partial charge in [-0.25, -0.2) is 13.1 Å². The van der Waals surface area contributed by atoms with E-state index in [1.54, 1.807) is 24.3 Å². The van der Waals surface area contributed by atoms with Crippen LogP contribution in [0.4, 0.5) is 0 Å². The van der Waals surface area contributed by atoms with E-state index >= 15 is 0 Å². The van der Waals surface area contributed by atoms with E-state index in [2.05, 4.69) is 11.0 Å². The van der Waals surface area contributed by atoms with Crippen LogP contribution in [0.1, 0.15) is 31.2 Å².